The maximum Gasteiger partial charge on any atom is 0.227 e. The average Bonchev–Trinajstić information content (AvgIpc) is 3.30. The van der Waals surface area contributed by atoms with Crippen molar-refractivity contribution in [3.8, 4) is 16.9 Å². The number of hydrogen-bond donors (Lipinski definition) is 1. The van der Waals surface area contributed by atoms with Crippen LogP contribution < -0.4 is 9.64 Å². The number of methoxy groups -OCH3 is 1. The molecule has 3 atom stereocenters. The average molecular weight is 444 g/mol. The lowest BCUT2D eigenvalue weighted by Gasteiger charge is -2.44. The van der Waals surface area contributed by atoms with E-state index in [0.29, 0.717) is 13.0 Å². The van der Waals surface area contributed by atoms with Crippen LogP contribution in [-0.2, 0) is 11.2 Å². The van der Waals surface area contributed by atoms with Gasteiger partial charge in [0.15, 0.2) is 0 Å². The first-order valence-electron chi connectivity index (χ1n) is 11.4. The Balaban J connectivity index is 1.53. The molecule has 0 unspecified atom stereocenters. The monoisotopic (exact) mass is 443 g/mol. The van der Waals surface area contributed by atoms with Gasteiger partial charge in [-0.1, -0.05) is 24.3 Å². The van der Waals surface area contributed by atoms with E-state index in [-0.39, 0.29) is 30.5 Å². The number of benzene rings is 2. The highest BCUT2D eigenvalue weighted by atomic mass is 16.5. The van der Waals surface area contributed by atoms with Gasteiger partial charge in [-0.3, -0.25) is 9.78 Å². The van der Waals surface area contributed by atoms with Gasteiger partial charge in [-0.25, -0.2) is 0 Å². The van der Waals surface area contributed by atoms with Crippen LogP contribution in [0.1, 0.15) is 23.6 Å². The first-order chi connectivity index (χ1) is 16.1. The molecule has 0 radical (unpaired) electrons. The van der Waals surface area contributed by atoms with E-state index in [1.54, 1.807) is 19.5 Å². The van der Waals surface area contributed by atoms with Crippen molar-refractivity contribution in [1.82, 2.24) is 9.88 Å². The summed E-state index contributed by atoms with van der Waals surface area (Å²) in [5.74, 6) is 1.12. The quantitative estimate of drug-likeness (QED) is 0.651. The van der Waals surface area contributed by atoms with E-state index < -0.39 is 0 Å². The number of pyridine rings is 1. The smallest absolute Gasteiger partial charge is 0.227 e. The van der Waals surface area contributed by atoms with Crippen molar-refractivity contribution < 1.29 is 14.6 Å². The van der Waals surface area contributed by atoms with Crippen molar-refractivity contribution >= 4 is 11.6 Å². The molecule has 1 N–H and O–H groups in total. The molecule has 2 aromatic carbocycles. The van der Waals surface area contributed by atoms with E-state index in [2.05, 4.69) is 40.2 Å². The molecule has 0 bridgehead atoms. The number of aromatic nitrogens is 1. The van der Waals surface area contributed by atoms with Gasteiger partial charge in [-0.05, 0) is 59.0 Å². The van der Waals surface area contributed by atoms with Crippen LogP contribution in [0.4, 0.5) is 5.69 Å². The second-order valence-corrected chi connectivity index (χ2v) is 8.89. The Hall–Kier alpha value is -3.38. The van der Waals surface area contributed by atoms with Crippen LogP contribution in [0, 0.1) is 5.92 Å². The molecule has 0 aliphatic carbocycles. The molecule has 0 saturated carbocycles. The third-order valence-electron chi connectivity index (χ3n) is 7.17. The van der Waals surface area contributed by atoms with E-state index in [1.165, 1.54) is 0 Å². The molecule has 5 rings (SSSR count). The summed E-state index contributed by atoms with van der Waals surface area (Å²) >= 11 is 0. The molecule has 2 aliphatic rings. The van der Waals surface area contributed by atoms with E-state index in [9.17, 15) is 9.90 Å². The maximum absolute atomic E-state index is 13.4. The maximum atomic E-state index is 13.4. The number of amides is 1. The summed E-state index contributed by atoms with van der Waals surface area (Å²) in [5, 5.41) is 10.2. The number of aliphatic hydroxyl groups excluding tert-OH is 1. The first-order valence-corrected chi connectivity index (χ1v) is 11.4. The van der Waals surface area contributed by atoms with Crippen molar-refractivity contribution in [3.05, 3.63) is 78.1 Å². The third-order valence-corrected chi connectivity index (χ3v) is 7.17. The van der Waals surface area contributed by atoms with Crippen molar-refractivity contribution in [1.29, 1.82) is 0 Å². The minimum atomic E-state index is -0.0456. The Labute approximate surface area is 194 Å². The Morgan fingerprint density at radius 2 is 1.94 bits per heavy atom. The number of ether oxygens (including phenoxy) is 1. The van der Waals surface area contributed by atoms with Crippen molar-refractivity contribution in [3.63, 3.8) is 0 Å². The fourth-order valence-electron chi connectivity index (χ4n) is 5.48. The summed E-state index contributed by atoms with van der Waals surface area (Å²) in [7, 11) is 3.71. The highest BCUT2D eigenvalue weighted by molar-refractivity contribution is 5.81. The van der Waals surface area contributed by atoms with Gasteiger partial charge < -0.3 is 19.6 Å². The minimum absolute atomic E-state index is 0.00877. The van der Waals surface area contributed by atoms with Gasteiger partial charge in [0.2, 0.25) is 5.91 Å². The molecule has 1 amide bonds. The molecule has 3 heterocycles. The molecule has 33 heavy (non-hydrogen) atoms. The molecule has 1 aromatic heterocycles. The fourth-order valence-corrected chi connectivity index (χ4v) is 5.48. The van der Waals surface area contributed by atoms with Crippen LogP contribution in [0.2, 0.25) is 0 Å². The Kier molecular flexibility index (Phi) is 5.77. The molecule has 0 spiro atoms. The van der Waals surface area contributed by atoms with Crippen LogP contribution in [0.5, 0.6) is 5.75 Å². The lowest BCUT2D eigenvalue weighted by Crippen LogP contribution is -2.48. The van der Waals surface area contributed by atoms with Crippen LogP contribution in [-0.4, -0.2) is 54.2 Å². The summed E-state index contributed by atoms with van der Waals surface area (Å²) in [6, 6.07) is 18.2. The zero-order valence-corrected chi connectivity index (χ0v) is 19.0. The van der Waals surface area contributed by atoms with Gasteiger partial charge in [-0.2, -0.15) is 0 Å². The van der Waals surface area contributed by atoms with E-state index in [0.717, 1.165) is 40.1 Å². The van der Waals surface area contributed by atoms with Gasteiger partial charge in [0.05, 0.1) is 32.2 Å². The third kappa shape index (κ3) is 3.85. The predicted molar refractivity (Wildman–Crippen MR) is 128 cm³/mol. The molecule has 170 valence electrons. The van der Waals surface area contributed by atoms with Crippen LogP contribution in [0.25, 0.3) is 11.1 Å². The lowest BCUT2D eigenvalue weighted by molar-refractivity contribution is -0.132. The summed E-state index contributed by atoms with van der Waals surface area (Å²) in [4.78, 5) is 21.7. The Bertz CT molecular complexity index is 1130. The van der Waals surface area contributed by atoms with Crippen LogP contribution >= 0.6 is 0 Å². The summed E-state index contributed by atoms with van der Waals surface area (Å²) < 4.78 is 5.30. The predicted octanol–water partition coefficient (Wildman–Crippen LogP) is 3.70. The Morgan fingerprint density at radius 1 is 1.15 bits per heavy atom. The van der Waals surface area contributed by atoms with E-state index in [1.807, 2.05) is 36.2 Å². The van der Waals surface area contributed by atoms with Gasteiger partial charge in [0.25, 0.3) is 0 Å². The van der Waals surface area contributed by atoms with Crippen molar-refractivity contribution in [2.75, 3.05) is 32.2 Å². The highest BCUT2D eigenvalue weighted by Gasteiger charge is 2.47. The molecule has 3 aromatic rings. The lowest BCUT2D eigenvalue weighted by atomic mass is 9.81. The second kappa shape index (κ2) is 8.87. The molecule has 1 saturated heterocycles. The number of carbonyl (C=O) groups is 1. The fraction of sp³-hybridized carbons (Fsp3) is 0.333. The number of nitrogens with zero attached hydrogens (tertiary/aromatic N) is 3. The molecule has 6 heteroatoms. The van der Waals surface area contributed by atoms with Gasteiger partial charge in [0.1, 0.15) is 5.75 Å². The molecule has 6 nitrogen and oxygen atoms in total. The minimum Gasteiger partial charge on any atom is -0.497 e. The number of aliphatic hydroxyl groups is 1. The second-order valence-electron chi connectivity index (χ2n) is 8.89. The molecular formula is C27H29N3O3. The zero-order chi connectivity index (χ0) is 22.9. The Morgan fingerprint density at radius 3 is 2.64 bits per heavy atom. The van der Waals surface area contributed by atoms with E-state index >= 15 is 0 Å². The van der Waals surface area contributed by atoms with Gasteiger partial charge in [0, 0.05) is 37.6 Å². The standard InChI is InChI=1S/C27H29N3O3/c1-29-24-10-7-20(19-5-8-21(33-2)9-6-19)15-23(24)27-22(25(29)17-31)11-13-30(27)26(32)14-18-4-3-12-28-16-18/h3-10,12,15-16,22,25,27,31H,11,13-14,17H2,1-2H3/t22-,25-,27-/m0/s1. The number of anilines is 1. The number of likely N-dealkylation sites (tertiary alicyclic amines) is 1. The number of rotatable bonds is 5. The van der Waals surface area contributed by atoms with Crippen LogP contribution in [0.15, 0.2) is 67.0 Å². The SMILES string of the molecule is COc1ccc(-c2ccc3c(c2)[C@@H]2[C@@H](CCN2C(=O)Cc2cccnc2)[C@H](CO)N3C)cc1. The largest absolute Gasteiger partial charge is 0.497 e. The van der Waals surface area contributed by atoms with Gasteiger partial charge >= 0.3 is 0 Å². The number of fused-ring (bicyclic) bond motifs is 3. The summed E-state index contributed by atoms with van der Waals surface area (Å²) in [5.41, 5.74) is 5.36. The summed E-state index contributed by atoms with van der Waals surface area (Å²) in [6.45, 7) is 0.771. The number of likely N-dealkylation sites (N-methyl/N-ethyl adjacent to an activating group) is 1. The molecular weight excluding hydrogens is 414 g/mol. The topological polar surface area (TPSA) is 65.9 Å². The van der Waals surface area contributed by atoms with Crippen molar-refractivity contribution in [2.45, 2.75) is 24.9 Å². The van der Waals surface area contributed by atoms with Crippen molar-refractivity contribution in [2.24, 2.45) is 5.92 Å². The normalized spacial score (nSPS) is 21.5. The van der Waals surface area contributed by atoms with E-state index in [4.69, 9.17) is 4.74 Å². The molecule has 1 fully saturated rings. The zero-order valence-electron chi connectivity index (χ0n) is 19.0. The highest BCUT2D eigenvalue weighted by Crippen LogP contribution is 2.49. The first kappa shape index (κ1) is 21.5. The number of hydrogen-bond acceptors (Lipinski definition) is 5. The molecule has 2 aliphatic heterocycles. The summed E-state index contributed by atoms with van der Waals surface area (Å²) in [6.07, 6.45) is 4.70. The number of carbonyl (C=O) groups excluding carboxylic acids is 1. The van der Waals surface area contributed by atoms with Crippen LogP contribution in [0.3, 0.4) is 0 Å². The van der Waals surface area contributed by atoms with Gasteiger partial charge in [-0.15, -0.1) is 0 Å².